The Bertz CT molecular complexity index is 1380. The first kappa shape index (κ1) is 30.7. The maximum Gasteiger partial charge on any atom is 0 e. The molecule has 0 atom stereocenters. The molecule has 37 heavy (non-hydrogen) atoms. The van der Waals surface area contributed by atoms with E-state index in [9.17, 15) is 4.79 Å². The summed E-state index contributed by atoms with van der Waals surface area (Å²) in [5.41, 5.74) is 5.84. The number of carbonyl (C=O) groups is 1. The van der Waals surface area contributed by atoms with Crippen molar-refractivity contribution in [2.75, 3.05) is 0 Å². The molecule has 0 aliphatic rings. The van der Waals surface area contributed by atoms with E-state index >= 15 is 0 Å². The van der Waals surface area contributed by atoms with E-state index in [0.717, 1.165) is 16.6 Å². The van der Waals surface area contributed by atoms with Crippen LogP contribution in [0.4, 0.5) is 0 Å². The van der Waals surface area contributed by atoms with Crippen molar-refractivity contribution < 1.29 is 30.0 Å². The fraction of sp³-hybridized carbons (Fsp3) is 0.250. The number of aliphatic hydroxyl groups excluding tert-OH is 1. The minimum atomic E-state index is -1.79. The molecular weight excluding hydrogens is 695 g/mol. The zero-order valence-electron chi connectivity index (χ0n) is 22.7. The van der Waals surface area contributed by atoms with Crippen LogP contribution in [0.2, 0.25) is 17.3 Å². The number of aromatic nitrogens is 1. The first-order chi connectivity index (χ1) is 17.0. The third-order valence-corrected chi connectivity index (χ3v) is 10.3. The number of aliphatic hydroxyl groups is 1. The molecule has 0 aliphatic carbocycles. The second-order valence-electron chi connectivity index (χ2n) is 10.5. The quantitative estimate of drug-likeness (QED) is 0.0979. The van der Waals surface area contributed by atoms with Gasteiger partial charge in [-0.15, -0.1) is 0 Å². The molecule has 0 spiro atoms. The molecule has 4 aromatic rings. The second-order valence-corrected chi connectivity index (χ2v) is 21.1. The maximum atomic E-state index is 10.0. The predicted octanol–water partition coefficient (Wildman–Crippen LogP) is 8.07. The molecular formula is C32H36GeIrNO2-. The van der Waals surface area contributed by atoms with E-state index in [4.69, 9.17) is 5.11 Å². The van der Waals surface area contributed by atoms with Gasteiger partial charge in [0, 0.05) is 26.2 Å². The van der Waals surface area contributed by atoms with Crippen LogP contribution in [0.25, 0.3) is 33.2 Å². The van der Waals surface area contributed by atoms with Crippen molar-refractivity contribution in [2.24, 2.45) is 0 Å². The van der Waals surface area contributed by atoms with E-state index in [1.807, 2.05) is 6.20 Å². The second kappa shape index (κ2) is 13.3. The van der Waals surface area contributed by atoms with Gasteiger partial charge in [0.15, 0.2) is 5.78 Å². The number of fused-ring (bicyclic) bond motifs is 1. The van der Waals surface area contributed by atoms with Crippen molar-refractivity contribution in [3.8, 4) is 22.4 Å². The SMILES string of the molecule is CC(=O)/C=C(/C)O.CC(C)c1cc(-c2cc(-c3cc[c]([Ge]([CH3])([CH3])[CH3])cc3)ccn2)[c-]c2ccccc12.[Ir]. The smallest absolute Gasteiger partial charge is 0 e. The summed E-state index contributed by atoms with van der Waals surface area (Å²) in [7, 11) is 0. The van der Waals surface area contributed by atoms with E-state index in [2.05, 4.69) is 109 Å². The number of rotatable bonds is 5. The zero-order chi connectivity index (χ0) is 26.5. The molecule has 0 bridgehead atoms. The number of hydrogen-bond donors (Lipinski definition) is 1. The third kappa shape index (κ3) is 8.50. The summed E-state index contributed by atoms with van der Waals surface area (Å²) in [4.78, 5) is 14.7. The molecule has 195 valence electrons. The number of hydrogen-bond acceptors (Lipinski definition) is 3. The molecule has 3 nitrogen and oxygen atoms in total. The number of pyridine rings is 1. The summed E-state index contributed by atoms with van der Waals surface area (Å²) in [6.45, 7) is 7.34. The van der Waals surface area contributed by atoms with E-state index in [0.29, 0.717) is 5.92 Å². The van der Waals surface area contributed by atoms with E-state index in [1.54, 1.807) is 0 Å². The summed E-state index contributed by atoms with van der Waals surface area (Å²) >= 11 is -1.79. The third-order valence-electron chi connectivity index (χ3n) is 5.96. The Labute approximate surface area is 237 Å². The van der Waals surface area contributed by atoms with Crippen LogP contribution < -0.4 is 4.40 Å². The van der Waals surface area contributed by atoms with Gasteiger partial charge in [0.2, 0.25) is 0 Å². The Morgan fingerprint density at radius 1 is 0.946 bits per heavy atom. The van der Waals surface area contributed by atoms with Crippen LogP contribution in [-0.2, 0) is 24.9 Å². The van der Waals surface area contributed by atoms with Gasteiger partial charge < -0.3 is 5.11 Å². The fourth-order valence-electron chi connectivity index (χ4n) is 4.09. The first-order valence-corrected chi connectivity index (χ1v) is 19.7. The van der Waals surface area contributed by atoms with Gasteiger partial charge in [-0.1, -0.05) is 6.07 Å². The Morgan fingerprint density at radius 3 is 2.14 bits per heavy atom. The largest absolute Gasteiger partial charge is 0 e. The van der Waals surface area contributed by atoms with Gasteiger partial charge in [0.05, 0.1) is 5.76 Å². The van der Waals surface area contributed by atoms with Crippen LogP contribution in [0.3, 0.4) is 0 Å². The molecule has 0 amide bonds. The average Bonchev–Trinajstić information content (AvgIpc) is 2.82. The molecule has 0 aliphatic heterocycles. The van der Waals surface area contributed by atoms with Gasteiger partial charge in [-0.05, 0) is 13.8 Å². The number of allylic oxidation sites excluding steroid dienone is 2. The minimum absolute atomic E-state index is 0. The first-order valence-electron chi connectivity index (χ1n) is 12.4. The molecule has 0 saturated carbocycles. The minimum Gasteiger partial charge on any atom is 0 e. The number of benzene rings is 3. The van der Waals surface area contributed by atoms with Gasteiger partial charge in [-0.25, -0.2) is 0 Å². The molecule has 0 saturated heterocycles. The van der Waals surface area contributed by atoms with Crippen LogP contribution in [0.15, 0.2) is 84.8 Å². The predicted molar refractivity (Wildman–Crippen MR) is 156 cm³/mol. The molecule has 1 radical (unpaired) electrons. The topological polar surface area (TPSA) is 50.2 Å². The molecule has 1 heterocycles. The van der Waals surface area contributed by atoms with Gasteiger partial charge in [0.25, 0.3) is 0 Å². The normalized spacial score (nSPS) is 11.5. The van der Waals surface area contributed by atoms with Gasteiger partial charge >= 0.3 is 171 Å². The molecule has 5 heteroatoms. The number of ketones is 1. The van der Waals surface area contributed by atoms with Gasteiger partial charge in [0.1, 0.15) is 0 Å². The molecule has 4 rings (SSSR count). The maximum absolute atomic E-state index is 10.0. The molecule has 1 aromatic heterocycles. The Kier molecular flexibility index (Phi) is 11.1. The van der Waals surface area contributed by atoms with Gasteiger partial charge in [-0.2, -0.15) is 0 Å². The van der Waals surface area contributed by atoms with E-state index in [1.165, 1.54) is 46.4 Å². The van der Waals surface area contributed by atoms with Crippen molar-refractivity contribution in [3.63, 3.8) is 0 Å². The Hall–Kier alpha value is -2.53. The summed E-state index contributed by atoms with van der Waals surface area (Å²) in [6.07, 6.45) is 3.08. The molecule has 1 N–H and O–H groups in total. The van der Waals surface area contributed by atoms with Crippen LogP contribution in [0.5, 0.6) is 0 Å². The summed E-state index contributed by atoms with van der Waals surface area (Å²) in [5.74, 6) is 7.68. The van der Waals surface area contributed by atoms with Crippen molar-refractivity contribution in [2.45, 2.75) is 50.9 Å². The summed E-state index contributed by atoms with van der Waals surface area (Å²) in [5, 5.41) is 10.8. The zero-order valence-corrected chi connectivity index (χ0v) is 27.2. The standard InChI is InChI=1S/C27H28GeN.C5H8O2.Ir/c1-19(2)26-17-23(16-22-8-6-7-9-25(22)26)27-18-21(14-15-29-27)20-10-12-24(13-11-20)28(3,4)5;1-4(6)3-5(2)7;/h6-15,17-19H,1-5H3;3,6H,1-2H3;/q-1;;/b;4-3-;. The van der Waals surface area contributed by atoms with E-state index < -0.39 is 13.3 Å². The molecule has 0 fully saturated rings. The van der Waals surface area contributed by atoms with Crippen LogP contribution in [0.1, 0.15) is 39.2 Å². The summed E-state index contributed by atoms with van der Waals surface area (Å²) < 4.78 is 1.53. The number of carbonyl (C=O) groups excluding carboxylic acids is 1. The van der Waals surface area contributed by atoms with Crippen molar-refractivity contribution in [3.05, 3.63) is 96.4 Å². The van der Waals surface area contributed by atoms with Crippen LogP contribution >= 0.6 is 0 Å². The molecule has 3 aromatic carbocycles. The van der Waals surface area contributed by atoms with Gasteiger partial charge in [-0.3, -0.25) is 4.79 Å². The van der Waals surface area contributed by atoms with Crippen molar-refractivity contribution >= 4 is 34.2 Å². The number of nitrogens with zero attached hydrogens (tertiary/aromatic N) is 1. The Morgan fingerprint density at radius 2 is 1.59 bits per heavy atom. The van der Waals surface area contributed by atoms with Crippen LogP contribution in [0, 0.1) is 6.07 Å². The average molecular weight is 731 g/mol. The van der Waals surface area contributed by atoms with Crippen molar-refractivity contribution in [1.82, 2.24) is 4.98 Å². The Balaban J connectivity index is 0.000000532. The van der Waals surface area contributed by atoms with E-state index in [-0.39, 0.29) is 31.6 Å². The summed E-state index contributed by atoms with van der Waals surface area (Å²) in [6, 6.07) is 27.8. The van der Waals surface area contributed by atoms with Crippen molar-refractivity contribution in [1.29, 1.82) is 0 Å². The monoisotopic (exact) mass is 733 g/mol. The molecule has 0 unspecified atom stereocenters. The van der Waals surface area contributed by atoms with Crippen LogP contribution in [-0.4, -0.2) is 29.1 Å². The fourth-order valence-corrected chi connectivity index (χ4v) is 6.54.